The summed E-state index contributed by atoms with van der Waals surface area (Å²) in [5.41, 5.74) is 7.46. The van der Waals surface area contributed by atoms with Gasteiger partial charge in [-0.05, 0) is 0 Å². The number of aromatic amines is 3. The van der Waals surface area contributed by atoms with Gasteiger partial charge in [-0.15, -0.1) is 37.2 Å². The molecule has 0 aliphatic rings. The van der Waals surface area contributed by atoms with Crippen LogP contribution in [0.1, 0.15) is 33.4 Å². The Hall–Kier alpha value is 1.36. The van der Waals surface area contributed by atoms with E-state index in [2.05, 4.69) is 54.3 Å². The summed E-state index contributed by atoms with van der Waals surface area (Å²) in [7, 11) is 0. The van der Waals surface area contributed by atoms with E-state index >= 15 is 0 Å². The molecule has 0 fully saturated rings. The van der Waals surface area contributed by atoms with Crippen LogP contribution in [0.4, 0.5) is 0 Å². The average molecular weight is 662 g/mol. The molecule has 0 bridgehead atoms. The van der Waals surface area contributed by atoms with Crippen molar-refractivity contribution in [3.8, 4) is 0 Å². The molecular formula is C18H24Cl3N3Zr3. The summed E-state index contributed by atoms with van der Waals surface area (Å²) < 4.78 is 0. The quantitative estimate of drug-likeness (QED) is 0.203. The molecule has 0 amide bonds. The third-order valence-corrected chi connectivity index (χ3v) is 3.42. The predicted octanol–water partition coefficient (Wildman–Crippen LogP) is -4.70. The van der Waals surface area contributed by atoms with E-state index in [-0.39, 0.29) is 116 Å². The van der Waals surface area contributed by atoms with Gasteiger partial charge in [0.05, 0.1) is 0 Å². The van der Waals surface area contributed by atoms with Crippen LogP contribution >= 0.6 is 0 Å². The number of H-pyrrole nitrogens is 3. The number of hydrogen-bond acceptors (Lipinski definition) is 0. The molecule has 3 rings (SSSR count). The van der Waals surface area contributed by atoms with Gasteiger partial charge in [0.15, 0.2) is 0 Å². The Morgan fingerprint density at radius 3 is 0.704 bits per heavy atom. The van der Waals surface area contributed by atoms with Crippen LogP contribution in [-0.4, -0.2) is 15.0 Å². The van der Waals surface area contributed by atoms with Gasteiger partial charge < -0.3 is 52.2 Å². The molecule has 0 aliphatic heterocycles. The fraction of sp³-hybridized carbons (Fsp3) is 0.333. The summed E-state index contributed by atoms with van der Waals surface area (Å²) in [5.74, 6) is 0. The van der Waals surface area contributed by atoms with E-state index in [4.69, 9.17) is 0 Å². The molecule has 3 aromatic heterocycles. The molecule has 27 heavy (non-hydrogen) atoms. The first kappa shape index (κ1) is 42.5. The van der Waals surface area contributed by atoms with E-state index in [9.17, 15) is 0 Å². The van der Waals surface area contributed by atoms with Gasteiger partial charge in [-0.3, -0.25) is 0 Å². The van der Waals surface area contributed by atoms with E-state index in [1.165, 1.54) is 33.4 Å². The first-order valence-electron chi connectivity index (χ1n) is 6.98. The van der Waals surface area contributed by atoms with Gasteiger partial charge in [0.1, 0.15) is 0 Å². The molecular weight excluding hydrogens is 638 g/mol. The minimum atomic E-state index is 0. The number of nitrogens with one attached hydrogen (secondary N) is 3. The maximum Gasteiger partial charge on any atom is 2.00 e. The molecule has 0 unspecified atom stereocenters. The molecule has 0 radical (unpaired) electrons. The molecule has 0 aromatic carbocycles. The van der Waals surface area contributed by atoms with Gasteiger partial charge in [-0.2, -0.15) is 33.4 Å². The molecule has 3 heterocycles. The molecule has 0 saturated heterocycles. The van der Waals surface area contributed by atoms with Crippen LogP contribution in [0.25, 0.3) is 0 Å². The molecule has 0 atom stereocenters. The minimum Gasteiger partial charge on any atom is -1.00 e. The second kappa shape index (κ2) is 23.6. The summed E-state index contributed by atoms with van der Waals surface area (Å²) in [6.07, 6.45) is 14.6. The van der Waals surface area contributed by atoms with Crippen LogP contribution in [0.5, 0.6) is 0 Å². The molecule has 144 valence electrons. The monoisotopic (exact) mass is 657 g/mol. The Morgan fingerprint density at radius 1 is 0.481 bits per heavy atom. The number of hydrogen-bond donors (Lipinski definition) is 3. The second-order valence-corrected chi connectivity index (χ2v) is 5.17. The zero-order chi connectivity index (χ0) is 15.8. The van der Waals surface area contributed by atoms with Crippen LogP contribution in [0, 0.1) is 60.1 Å². The summed E-state index contributed by atoms with van der Waals surface area (Å²) in [6.45, 7) is 12.3. The normalized spacial score (nSPS) is 7.33. The van der Waals surface area contributed by atoms with Crippen molar-refractivity contribution in [2.45, 2.75) is 41.5 Å². The predicted molar refractivity (Wildman–Crippen MR) is 87.3 cm³/mol. The van der Waals surface area contributed by atoms with Gasteiger partial charge >= 0.3 is 78.6 Å². The maximum absolute atomic E-state index is 2.94. The van der Waals surface area contributed by atoms with Crippen LogP contribution in [0.2, 0.25) is 0 Å². The molecule has 3 nitrogen and oxygen atoms in total. The standard InChI is InChI=1S/3C6H8N.3ClH.3Zr/c3*1-5-3-7-4-6(5)2;;;;;;/h3*3,7H,1-2H3;3*1H;;;/q3*-1;;;;3*+2/p-3. The zero-order valence-electron chi connectivity index (χ0n) is 16.4. The Bertz CT molecular complexity index is 527. The van der Waals surface area contributed by atoms with Gasteiger partial charge in [0.2, 0.25) is 0 Å². The first-order valence-corrected chi connectivity index (χ1v) is 6.98. The largest absolute Gasteiger partial charge is 2.00 e. The summed E-state index contributed by atoms with van der Waals surface area (Å²) in [5, 5.41) is 0. The van der Waals surface area contributed by atoms with Crippen LogP contribution in [0.15, 0.2) is 18.6 Å². The number of aryl methyl sites for hydroxylation is 6. The van der Waals surface area contributed by atoms with Crippen LogP contribution in [0.3, 0.4) is 0 Å². The molecule has 3 N–H and O–H groups in total. The van der Waals surface area contributed by atoms with E-state index in [0.717, 1.165) is 0 Å². The number of rotatable bonds is 0. The molecule has 0 saturated carbocycles. The second-order valence-electron chi connectivity index (χ2n) is 5.17. The van der Waals surface area contributed by atoms with Crippen molar-refractivity contribution in [2.24, 2.45) is 0 Å². The molecule has 3 aromatic rings. The third kappa shape index (κ3) is 17.9. The van der Waals surface area contributed by atoms with Crippen molar-refractivity contribution >= 4 is 0 Å². The van der Waals surface area contributed by atoms with E-state index in [0.29, 0.717) is 0 Å². The van der Waals surface area contributed by atoms with Gasteiger partial charge in [-0.1, -0.05) is 41.5 Å². The van der Waals surface area contributed by atoms with Crippen molar-refractivity contribution in [3.63, 3.8) is 0 Å². The van der Waals surface area contributed by atoms with Crippen LogP contribution in [-0.2, 0) is 78.6 Å². The molecule has 0 spiro atoms. The smallest absolute Gasteiger partial charge is 1.00 e. The van der Waals surface area contributed by atoms with Crippen molar-refractivity contribution < 1.29 is 116 Å². The number of halogens is 3. The van der Waals surface area contributed by atoms with Gasteiger partial charge in [0.25, 0.3) is 0 Å². The topological polar surface area (TPSA) is 47.4 Å². The SMILES string of the molecule is Cc1[c-][nH]cc1C.Cc1[c-][nH]cc1C.Cc1[c-][nH]cc1C.[Cl-].[Cl-].[Cl-].[Zr+2].[Zr+2].[Zr+2]. The molecule has 9 heteroatoms. The average Bonchev–Trinajstić information content (AvgIpc) is 3.11. The third-order valence-electron chi connectivity index (χ3n) is 3.42. The van der Waals surface area contributed by atoms with Crippen molar-refractivity contribution in [2.75, 3.05) is 0 Å². The minimum absolute atomic E-state index is 0. The summed E-state index contributed by atoms with van der Waals surface area (Å²) in [4.78, 5) is 8.62. The van der Waals surface area contributed by atoms with Gasteiger partial charge in [-0.25, -0.2) is 0 Å². The molecule has 0 aliphatic carbocycles. The Kier molecular flexibility index (Phi) is 37.2. The fourth-order valence-corrected chi connectivity index (χ4v) is 1.38. The van der Waals surface area contributed by atoms with Crippen molar-refractivity contribution in [1.29, 1.82) is 0 Å². The van der Waals surface area contributed by atoms with Gasteiger partial charge in [0, 0.05) is 0 Å². The maximum atomic E-state index is 2.94. The van der Waals surface area contributed by atoms with Crippen LogP contribution < -0.4 is 37.2 Å². The van der Waals surface area contributed by atoms with E-state index < -0.39 is 0 Å². The van der Waals surface area contributed by atoms with E-state index in [1.807, 2.05) is 39.4 Å². The Balaban J connectivity index is -0.0000000551. The Morgan fingerprint density at radius 2 is 0.667 bits per heavy atom. The fourth-order valence-electron chi connectivity index (χ4n) is 1.38. The van der Waals surface area contributed by atoms with Crippen molar-refractivity contribution in [1.82, 2.24) is 15.0 Å². The zero-order valence-corrected chi connectivity index (χ0v) is 26.0. The summed E-state index contributed by atoms with van der Waals surface area (Å²) >= 11 is 0. The Labute approximate surface area is 240 Å². The van der Waals surface area contributed by atoms with E-state index in [1.54, 1.807) is 0 Å². The first-order chi connectivity index (χ1) is 9.91. The van der Waals surface area contributed by atoms with Crippen molar-refractivity contribution in [3.05, 3.63) is 70.6 Å². The number of aromatic nitrogens is 3. The summed E-state index contributed by atoms with van der Waals surface area (Å²) in [6, 6.07) is 0.